The summed E-state index contributed by atoms with van der Waals surface area (Å²) in [5, 5.41) is 11.7. The van der Waals surface area contributed by atoms with Gasteiger partial charge in [0.2, 0.25) is 0 Å². The van der Waals surface area contributed by atoms with E-state index in [1.165, 1.54) is 22.7 Å². The summed E-state index contributed by atoms with van der Waals surface area (Å²) in [5.74, 6) is 0.641. The van der Waals surface area contributed by atoms with Crippen LogP contribution in [0.2, 0.25) is 0 Å². The smallest absolute Gasteiger partial charge is 0.407 e. The average molecular weight is 553 g/mol. The number of para-hydroxylation sites is 1. The van der Waals surface area contributed by atoms with E-state index >= 15 is 0 Å². The molecule has 0 aliphatic carbocycles. The Morgan fingerprint density at radius 3 is 2.87 bits per heavy atom. The third kappa shape index (κ3) is 6.43. The molecule has 200 valence electrons. The molecule has 0 saturated carbocycles. The quantitative estimate of drug-likeness (QED) is 0.260. The molecule has 2 N–H and O–H groups in total. The molecule has 1 unspecified atom stereocenters. The van der Waals surface area contributed by atoms with E-state index in [9.17, 15) is 9.59 Å². The predicted molar refractivity (Wildman–Crippen MR) is 152 cm³/mol. The van der Waals surface area contributed by atoms with Crippen molar-refractivity contribution in [3.8, 4) is 22.0 Å². The number of amides is 2. The number of rotatable bonds is 8. The lowest BCUT2D eigenvalue weighted by Gasteiger charge is -2.22. The summed E-state index contributed by atoms with van der Waals surface area (Å²) in [7, 11) is 0. The molecule has 4 heterocycles. The van der Waals surface area contributed by atoms with Crippen molar-refractivity contribution < 1.29 is 18.7 Å². The minimum atomic E-state index is -0.501. The van der Waals surface area contributed by atoms with Crippen LogP contribution in [0.15, 0.2) is 51.6 Å². The first-order valence-electron chi connectivity index (χ1n) is 12.8. The van der Waals surface area contributed by atoms with Gasteiger partial charge in [-0.3, -0.25) is 4.79 Å². The number of hydrogen-bond donors (Lipinski definition) is 2. The molecule has 1 fully saturated rings. The van der Waals surface area contributed by atoms with Crippen LogP contribution in [0.1, 0.15) is 43.3 Å². The second-order valence-electron chi connectivity index (χ2n) is 10.4. The first-order valence-corrected chi connectivity index (χ1v) is 14.5. The van der Waals surface area contributed by atoms with E-state index in [-0.39, 0.29) is 18.0 Å². The number of ether oxygens (including phenoxy) is 1. The number of thiophene rings is 1. The molecule has 5 rings (SSSR count). The number of fused-ring (bicyclic) bond motifs is 1. The number of furan rings is 1. The topological polar surface area (TPSA) is 96.7 Å². The van der Waals surface area contributed by atoms with E-state index in [1.54, 1.807) is 0 Å². The molecule has 3 aromatic heterocycles. The van der Waals surface area contributed by atoms with E-state index in [1.807, 2.05) is 67.9 Å². The van der Waals surface area contributed by atoms with Crippen molar-refractivity contribution in [1.29, 1.82) is 0 Å². The molecule has 8 nitrogen and oxygen atoms in total. The van der Waals surface area contributed by atoms with Crippen LogP contribution in [-0.4, -0.2) is 59.7 Å². The first kappa shape index (κ1) is 26.4. The molecular weight excluding hydrogens is 520 g/mol. The minimum Gasteiger partial charge on any atom is -0.454 e. The maximum absolute atomic E-state index is 13.0. The number of benzene rings is 1. The van der Waals surface area contributed by atoms with Gasteiger partial charge in [-0.25, -0.2) is 9.78 Å². The van der Waals surface area contributed by atoms with Gasteiger partial charge in [0.15, 0.2) is 5.76 Å². The standard InChI is InChI=1S/C28H32N4O4S2/c1-28(2,3)36-27(34)30-19-9-13-32(16-19)12-6-11-29-25(33)24-20(10-14-37-24)26-31-21(17-38-26)23-15-18-7-4-5-8-22(18)35-23/h4-5,7-8,10,14-15,17,19H,6,9,11-13,16H2,1-3H3,(H,29,33)(H,30,34). The molecule has 1 aliphatic heterocycles. The van der Waals surface area contributed by atoms with Gasteiger partial charge >= 0.3 is 6.09 Å². The van der Waals surface area contributed by atoms with Gasteiger partial charge in [0.25, 0.3) is 5.91 Å². The first-order chi connectivity index (χ1) is 18.2. The van der Waals surface area contributed by atoms with Gasteiger partial charge in [-0.15, -0.1) is 22.7 Å². The maximum Gasteiger partial charge on any atom is 0.407 e. The molecule has 1 saturated heterocycles. The lowest BCUT2D eigenvalue weighted by Crippen LogP contribution is -2.40. The molecular formula is C28H32N4O4S2. The van der Waals surface area contributed by atoms with Crippen LogP contribution in [0, 0.1) is 0 Å². The maximum atomic E-state index is 13.0. The van der Waals surface area contributed by atoms with Gasteiger partial charge in [-0.1, -0.05) is 18.2 Å². The third-order valence-electron chi connectivity index (χ3n) is 6.21. The highest BCUT2D eigenvalue weighted by Gasteiger charge is 2.26. The molecule has 10 heteroatoms. The Morgan fingerprint density at radius 2 is 2.05 bits per heavy atom. The minimum absolute atomic E-state index is 0.0821. The van der Waals surface area contributed by atoms with Crippen molar-refractivity contribution in [3.63, 3.8) is 0 Å². The molecule has 0 spiro atoms. The molecule has 1 atom stereocenters. The SMILES string of the molecule is CC(C)(C)OC(=O)NC1CCN(CCCNC(=O)c2sccc2-c2nc(-c3cc4ccccc4o3)cs2)C1. The summed E-state index contributed by atoms with van der Waals surface area (Å²) in [5.41, 5.74) is 1.94. The van der Waals surface area contributed by atoms with Crippen molar-refractivity contribution in [3.05, 3.63) is 52.0 Å². The number of nitrogens with one attached hydrogen (secondary N) is 2. The zero-order valence-corrected chi connectivity index (χ0v) is 23.4. The highest BCUT2D eigenvalue weighted by atomic mass is 32.1. The third-order valence-corrected chi connectivity index (χ3v) is 8.00. The van der Waals surface area contributed by atoms with Crippen molar-refractivity contribution in [2.75, 3.05) is 26.2 Å². The van der Waals surface area contributed by atoms with Crippen LogP contribution in [-0.2, 0) is 4.74 Å². The number of carbonyl (C=O) groups is 2. The summed E-state index contributed by atoms with van der Waals surface area (Å²) in [6, 6.07) is 11.9. The second-order valence-corrected chi connectivity index (χ2v) is 12.2. The lowest BCUT2D eigenvalue weighted by atomic mass is 10.2. The van der Waals surface area contributed by atoms with Crippen LogP contribution in [0.25, 0.3) is 33.0 Å². The van der Waals surface area contributed by atoms with E-state index in [2.05, 4.69) is 15.5 Å². The molecule has 0 bridgehead atoms. The molecule has 4 aromatic rings. The van der Waals surface area contributed by atoms with E-state index in [4.69, 9.17) is 14.1 Å². The Hall–Kier alpha value is -3.21. The van der Waals surface area contributed by atoms with Gasteiger partial charge in [-0.05, 0) is 63.7 Å². The van der Waals surface area contributed by atoms with Gasteiger partial charge in [0.05, 0.1) is 0 Å². The number of nitrogens with zero attached hydrogens (tertiary/aromatic N) is 2. The van der Waals surface area contributed by atoms with Crippen molar-refractivity contribution in [1.82, 2.24) is 20.5 Å². The van der Waals surface area contributed by atoms with E-state index < -0.39 is 5.60 Å². The summed E-state index contributed by atoms with van der Waals surface area (Å²) >= 11 is 2.93. The highest BCUT2D eigenvalue weighted by molar-refractivity contribution is 7.15. The summed E-state index contributed by atoms with van der Waals surface area (Å²) in [6.07, 6.45) is 1.36. The highest BCUT2D eigenvalue weighted by Crippen LogP contribution is 2.35. The monoisotopic (exact) mass is 552 g/mol. The van der Waals surface area contributed by atoms with Crippen LogP contribution >= 0.6 is 22.7 Å². The van der Waals surface area contributed by atoms with Crippen LogP contribution in [0.4, 0.5) is 4.79 Å². The Morgan fingerprint density at radius 1 is 1.21 bits per heavy atom. The Balaban J connectivity index is 1.10. The number of hydrogen-bond acceptors (Lipinski definition) is 8. The largest absolute Gasteiger partial charge is 0.454 e. The fourth-order valence-electron chi connectivity index (χ4n) is 4.48. The lowest BCUT2D eigenvalue weighted by molar-refractivity contribution is 0.0505. The normalized spacial score (nSPS) is 16.1. The van der Waals surface area contributed by atoms with E-state index in [0.717, 1.165) is 65.5 Å². The average Bonchev–Trinajstić information content (AvgIpc) is 3.65. The summed E-state index contributed by atoms with van der Waals surface area (Å²) in [6.45, 7) is 8.73. The molecule has 1 aromatic carbocycles. The fourth-order valence-corrected chi connectivity index (χ4v) is 6.20. The Labute approximate surface area is 230 Å². The number of aromatic nitrogens is 1. The zero-order valence-electron chi connectivity index (χ0n) is 21.8. The Bertz CT molecular complexity index is 1380. The predicted octanol–water partition coefficient (Wildman–Crippen LogP) is 6.00. The summed E-state index contributed by atoms with van der Waals surface area (Å²) < 4.78 is 11.3. The second kappa shape index (κ2) is 11.3. The molecule has 1 aliphatic rings. The van der Waals surface area contributed by atoms with Crippen molar-refractivity contribution >= 4 is 45.6 Å². The molecule has 0 radical (unpaired) electrons. The number of alkyl carbamates (subject to hydrolysis) is 1. The van der Waals surface area contributed by atoms with Gasteiger partial charge in [0, 0.05) is 42.0 Å². The van der Waals surface area contributed by atoms with Crippen LogP contribution < -0.4 is 10.6 Å². The fraction of sp³-hybridized carbons (Fsp3) is 0.393. The zero-order chi connectivity index (χ0) is 26.7. The van der Waals surface area contributed by atoms with E-state index in [0.29, 0.717) is 11.4 Å². The molecule has 2 amide bonds. The Kier molecular flexibility index (Phi) is 7.83. The van der Waals surface area contributed by atoms with Crippen molar-refractivity contribution in [2.45, 2.75) is 45.3 Å². The van der Waals surface area contributed by atoms with Gasteiger partial charge in [0.1, 0.15) is 26.8 Å². The van der Waals surface area contributed by atoms with Crippen molar-refractivity contribution in [2.24, 2.45) is 0 Å². The molecule has 38 heavy (non-hydrogen) atoms. The van der Waals surface area contributed by atoms with Gasteiger partial charge in [-0.2, -0.15) is 0 Å². The van der Waals surface area contributed by atoms with Crippen LogP contribution in [0.3, 0.4) is 0 Å². The van der Waals surface area contributed by atoms with Crippen LogP contribution in [0.5, 0.6) is 0 Å². The number of carbonyl (C=O) groups excluding carboxylic acids is 2. The number of thiazole rings is 1. The van der Waals surface area contributed by atoms with Gasteiger partial charge < -0.3 is 24.7 Å². The number of likely N-dealkylation sites (tertiary alicyclic amines) is 1. The summed E-state index contributed by atoms with van der Waals surface area (Å²) in [4.78, 5) is 32.7.